The summed E-state index contributed by atoms with van der Waals surface area (Å²) < 4.78 is 11.4. The molecule has 1 amide bonds. The number of carbonyl (C=O) groups is 1. The molecule has 1 aliphatic rings. The minimum atomic E-state index is -0.148. The molecule has 1 aliphatic heterocycles. The van der Waals surface area contributed by atoms with Gasteiger partial charge in [0.25, 0.3) is 5.91 Å². The van der Waals surface area contributed by atoms with Crippen LogP contribution in [0.2, 0.25) is 10.0 Å². The van der Waals surface area contributed by atoms with Crippen molar-refractivity contribution in [3.63, 3.8) is 0 Å². The number of carbonyl (C=O) groups excluding carboxylic acids is 1. The maximum absolute atomic E-state index is 12.6. The minimum absolute atomic E-state index is 0.123. The minimum Gasteiger partial charge on any atom is -0.482 e. The summed E-state index contributed by atoms with van der Waals surface area (Å²) in [5.41, 5.74) is 1.23. The van der Waals surface area contributed by atoms with Crippen LogP contribution in [0, 0.1) is 11.3 Å². The molecule has 0 spiro atoms. The first-order valence-electron chi connectivity index (χ1n) is 10.3. The molecule has 1 saturated heterocycles. The van der Waals surface area contributed by atoms with Crippen LogP contribution in [-0.2, 0) is 4.79 Å². The molecule has 168 valence electrons. The molecule has 33 heavy (non-hydrogen) atoms. The van der Waals surface area contributed by atoms with Crippen LogP contribution in [0.1, 0.15) is 17.1 Å². The lowest BCUT2D eigenvalue weighted by molar-refractivity contribution is -0.133. The van der Waals surface area contributed by atoms with E-state index in [9.17, 15) is 10.1 Å². The first-order chi connectivity index (χ1) is 16.0. The molecule has 0 saturated carbocycles. The molecule has 0 N–H and O–H groups in total. The highest BCUT2D eigenvalue weighted by Gasteiger charge is 2.26. The lowest BCUT2D eigenvalue weighted by Gasteiger charge is -2.34. The molecule has 1 aromatic heterocycles. The number of halogens is 2. The third-order valence-electron chi connectivity index (χ3n) is 5.11. The molecule has 3 aromatic rings. The van der Waals surface area contributed by atoms with E-state index in [2.05, 4.69) is 11.1 Å². The normalized spacial score (nSPS) is 13.8. The van der Waals surface area contributed by atoms with E-state index in [1.54, 1.807) is 29.2 Å². The quantitative estimate of drug-likeness (QED) is 0.503. The van der Waals surface area contributed by atoms with Crippen molar-refractivity contribution >= 4 is 47.1 Å². The first-order valence-corrected chi connectivity index (χ1v) is 11.0. The third kappa shape index (κ3) is 5.67. The van der Waals surface area contributed by atoms with Crippen molar-refractivity contribution in [2.24, 2.45) is 0 Å². The Hall–Kier alpha value is -3.47. The maximum atomic E-state index is 12.6. The van der Waals surface area contributed by atoms with Crippen molar-refractivity contribution in [3.05, 3.63) is 75.7 Å². The Morgan fingerprint density at radius 3 is 2.58 bits per heavy atom. The zero-order chi connectivity index (χ0) is 23.2. The average Bonchev–Trinajstić information content (AvgIpc) is 3.26. The van der Waals surface area contributed by atoms with Gasteiger partial charge in [0.2, 0.25) is 17.5 Å². The summed E-state index contributed by atoms with van der Waals surface area (Å²) in [6, 6.07) is 16.7. The smallest absolute Gasteiger partial charge is 0.260 e. The summed E-state index contributed by atoms with van der Waals surface area (Å²) in [5, 5.41) is 10.3. The topological polar surface area (TPSA) is 82.6 Å². The predicted octanol–water partition coefficient (Wildman–Crippen LogP) is 4.75. The van der Waals surface area contributed by atoms with Gasteiger partial charge in [-0.25, -0.2) is 0 Å². The van der Waals surface area contributed by atoms with Gasteiger partial charge < -0.3 is 19.0 Å². The molecule has 0 aliphatic carbocycles. The van der Waals surface area contributed by atoms with E-state index in [1.165, 1.54) is 0 Å². The molecular weight excluding hydrogens is 463 g/mol. The molecule has 0 radical (unpaired) electrons. The summed E-state index contributed by atoms with van der Waals surface area (Å²) in [7, 11) is 0. The number of oxazole rings is 1. The Morgan fingerprint density at radius 2 is 1.88 bits per heavy atom. The highest BCUT2D eigenvalue weighted by atomic mass is 35.5. The van der Waals surface area contributed by atoms with Crippen molar-refractivity contribution in [1.82, 2.24) is 9.88 Å². The van der Waals surface area contributed by atoms with E-state index < -0.39 is 0 Å². The Labute approximate surface area is 201 Å². The van der Waals surface area contributed by atoms with Gasteiger partial charge in [0.1, 0.15) is 11.8 Å². The Bertz CT molecular complexity index is 1200. The summed E-state index contributed by atoms with van der Waals surface area (Å²) in [4.78, 5) is 20.5. The molecule has 2 heterocycles. The largest absolute Gasteiger partial charge is 0.482 e. The molecule has 1 fully saturated rings. The fraction of sp³-hybridized carbons (Fsp3) is 0.208. The first kappa shape index (κ1) is 22.7. The van der Waals surface area contributed by atoms with Crippen LogP contribution in [0.15, 0.2) is 52.9 Å². The molecular formula is C24H20Cl2N4O3. The van der Waals surface area contributed by atoms with Gasteiger partial charge in [0.15, 0.2) is 6.61 Å². The van der Waals surface area contributed by atoms with E-state index in [0.717, 1.165) is 5.56 Å². The SMILES string of the molecule is N#Cc1nc(/C=C/c2ccccc2)oc1N1CCN(C(=O)COc2ccc(Cl)cc2Cl)CC1. The summed E-state index contributed by atoms with van der Waals surface area (Å²) in [6.07, 6.45) is 3.61. The van der Waals surface area contributed by atoms with Gasteiger partial charge >= 0.3 is 0 Å². The highest BCUT2D eigenvalue weighted by molar-refractivity contribution is 6.35. The van der Waals surface area contributed by atoms with Gasteiger partial charge in [-0.3, -0.25) is 4.79 Å². The second-order valence-corrected chi connectivity index (χ2v) is 8.14. The van der Waals surface area contributed by atoms with Crippen molar-refractivity contribution in [2.75, 3.05) is 37.7 Å². The van der Waals surface area contributed by atoms with Gasteiger partial charge in [0.05, 0.1) is 5.02 Å². The van der Waals surface area contributed by atoms with Crippen LogP contribution < -0.4 is 9.64 Å². The number of ether oxygens (including phenoxy) is 1. The molecule has 0 atom stereocenters. The van der Waals surface area contributed by atoms with Gasteiger partial charge in [-0.05, 0) is 29.8 Å². The van der Waals surface area contributed by atoms with Gasteiger partial charge in [-0.2, -0.15) is 10.2 Å². The van der Waals surface area contributed by atoms with Crippen molar-refractivity contribution < 1.29 is 13.9 Å². The lowest BCUT2D eigenvalue weighted by Crippen LogP contribution is -2.50. The molecule has 7 nitrogen and oxygen atoms in total. The van der Waals surface area contributed by atoms with E-state index in [1.807, 2.05) is 41.3 Å². The van der Waals surface area contributed by atoms with E-state index in [0.29, 0.717) is 53.7 Å². The number of hydrogen-bond acceptors (Lipinski definition) is 6. The second-order valence-electron chi connectivity index (χ2n) is 7.29. The Balaban J connectivity index is 1.34. The number of nitrogens with zero attached hydrogens (tertiary/aromatic N) is 4. The van der Waals surface area contributed by atoms with Crippen LogP contribution in [0.4, 0.5) is 5.88 Å². The van der Waals surface area contributed by atoms with E-state index >= 15 is 0 Å². The van der Waals surface area contributed by atoms with Crippen molar-refractivity contribution in [1.29, 1.82) is 5.26 Å². The zero-order valence-electron chi connectivity index (χ0n) is 17.6. The summed E-state index contributed by atoms with van der Waals surface area (Å²) >= 11 is 12.0. The lowest BCUT2D eigenvalue weighted by atomic mass is 10.2. The van der Waals surface area contributed by atoms with Crippen LogP contribution in [0.5, 0.6) is 5.75 Å². The van der Waals surface area contributed by atoms with Crippen LogP contribution in [0.3, 0.4) is 0 Å². The molecule has 0 unspecified atom stereocenters. The monoisotopic (exact) mass is 482 g/mol. The second kappa shape index (κ2) is 10.4. The zero-order valence-corrected chi connectivity index (χ0v) is 19.1. The number of hydrogen-bond donors (Lipinski definition) is 0. The summed E-state index contributed by atoms with van der Waals surface area (Å²) in [5.74, 6) is 1.04. The van der Waals surface area contributed by atoms with Gasteiger partial charge in [0, 0.05) is 37.3 Å². The highest BCUT2D eigenvalue weighted by Crippen LogP contribution is 2.28. The number of aromatic nitrogens is 1. The fourth-order valence-electron chi connectivity index (χ4n) is 3.40. The number of rotatable bonds is 6. The fourth-order valence-corrected chi connectivity index (χ4v) is 3.86. The summed E-state index contributed by atoms with van der Waals surface area (Å²) in [6.45, 7) is 1.84. The molecule has 2 aromatic carbocycles. The number of benzene rings is 2. The number of nitriles is 1. The standard InChI is InChI=1S/C24H20Cl2N4O3/c25-18-7-8-21(19(26)14-18)32-16-23(31)29-10-12-30(13-11-29)24-20(15-27)28-22(33-24)9-6-17-4-2-1-3-5-17/h1-9,14H,10-13,16H2/b9-6+. The Morgan fingerprint density at radius 1 is 1.12 bits per heavy atom. The third-order valence-corrected chi connectivity index (χ3v) is 5.64. The van der Waals surface area contributed by atoms with Crippen LogP contribution >= 0.6 is 23.2 Å². The van der Waals surface area contributed by atoms with Gasteiger partial charge in [-0.1, -0.05) is 53.5 Å². The van der Waals surface area contributed by atoms with Crippen molar-refractivity contribution in [3.8, 4) is 11.8 Å². The molecule has 0 bridgehead atoms. The average molecular weight is 483 g/mol. The van der Waals surface area contributed by atoms with Crippen molar-refractivity contribution in [2.45, 2.75) is 0 Å². The number of anilines is 1. The predicted molar refractivity (Wildman–Crippen MR) is 127 cm³/mol. The number of amides is 1. The molecule has 9 heteroatoms. The van der Waals surface area contributed by atoms with E-state index in [4.69, 9.17) is 32.4 Å². The van der Waals surface area contributed by atoms with Crippen LogP contribution in [0.25, 0.3) is 12.2 Å². The molecule has 4 rings (SSSR count). The maximum Gasteiger partial charge on any atom is 0.260 e. The Kier molecular flexibility index (Phi) is 7.18. The van der Waals surface area contributed by atoms with Gasteiger partial charge in [-0.15, -0.1) is 0 Å². The van der Waals surface area contributed by atoms with Crippen LogP contribution in [-0.4, -0.2) is 48.6 Å². The van der Waals surface area contributed by atoms with E-state index in [-0.39, 0.29) is 18.2 Å². The number of piperazine rings is 1.